The lowest BCUT2D eigenvalue weighted by atomic mass is 9.99. The maximum Gasteiger partial charge on any atom is 0.450 e. The molecule has 0 unspecified atom stereocenters. The van der Waals surface area contributed by atoms with E-state index < -0.39 is 24.2 Å². The first-order chi connectivity index (χ1) is 9.79. The molecule has 1 aromatic carbocycles. The van der Waals surface area contributed by atoms with Crippen molar-refractivity contribution < 1.29 is 27.2 Å². The summed E-state index contributed by atoms with van der Waals surface area (Å²) < 4.78 is 41.6. The second-order valence-corrected chi connectivity index (χ2v) is 4.53. The van der Waals surface area contributed by atoms with Gasteiger partial charge in [-0.1, -0.05) is 12.1 Å². The smallest absolute Gasteiger partial charge is 0.450 e. The lowest BCUT2D eigenvalue weighted by Crippen LogP contribution is -2.25. The molecule has 0 saturated carbocycles. The summed E-state index contributed by atoms with van der Waals surface area (Å²) in [6.45, 7) is 1.71. The van der Waals surface area contributed by atoms with Gasteiger partial charge in [0.05, 0.1) is 12.7 Å². The van der Waals surface area contributed by atoms with Crippen LogP contribution in [0.25, 0.3) is 11.3 Å². The van der Waals surface area contributed by atoms with Crippen molar-refractivity contribution in [3.8, 4) is 11.3 Å². The number of Topliss-reactive ketones (excluding diaryl/α,β-unsaturated/α-hetero) is 2. The topological polar surface area (TPSA) is 47.3 Å². The molecule has 0 aliphatic heterocycles. The Hall–Kier alpha value is -2.37. The predicted molar refractivity (Wildman–Crippen MR) is 68.9 cm³/mol. The van der Waals surface area contributed by atoms with Crippen LogP contribution in [-0.2, 0) is 4.79 Å². The van der Waals surface area contributed by atoms with Crippen LogP contribution in [-0.4, -0.2) is 17.7 Å². The number of benzene rings is 1. The number of furan rings is 1. The molecule has 0 radical (unpaired) electrons. The standard InChI is InChI=1S/C15H11F3O3/c1-9-7-10(12(19)8-14(20)15(16,17)18)4-5-11(9)13-3-2-6-21-13/h2-7H,8H2,1H3. The van der Waals surface area contributed by atoms with Gasteiger partial charge in [0.2, 0.25) is 5.78 Å². The molecule has 1 heterocycles. The van der Waals surface area contributed by atoms with Crippen molar-refractivity contribution in [1.29, 1.82) is 0 Å². The molecule has 0 bridgehead atoms. The van der Waals surface area contributed by atoms with Gasteiger partial charge in [-0.15, -0.1) is 0 Å². The minimum Gasteiger partial charge on any atom is -0.464 e. The summed E-state index contributed by atoms with van der Waals surface area (Å²) in [7, 11) is 0. The number of halogens is 3. The van der Waals surface area contributed by atoms with Crippen LogP contribution in [0.1, 0.15) is 22.3 Å². The molecule has 0 spiro atoms. The Morgan fingerprint density at radius 3 is 2.43 bits per heavy atom. The minimum absolute atomic E-state index is 0.0698. The number of ketones is 2. The van der Waals surface area contributed by atoms with Gasteiger partial charge in [0.1, 0.15) is 5.76 Å². The maximum absolute atomic E-state index is 12.1. The fourth-order valence-corrected chi connectivity index (χ4v) is 1.89. The molecule has 2 aromatic rings. The molecule has 1 aromatic heterocycles. The Balaban J connectivity index is 2.21. The van der Waals surface area contributed by atoms with Crippen molar-refractivity contribution >= 4 is 11.6 Å². The number of carbonyl (C=O) groups excluding carboxylic acids is 2. The average Bonchev–Trinajstić information content (AvgIpc) is 2.91. The first kappa shape index (κ1) is 15.0. The van der Waals surface area contributed by atoms with Crippen LogP contribution in [0, 0.1) is 6.92 Å². The van der Waals surface area contributed by atoms with Gasteiger partial charge < -0.3 is 4.42 Å². The number of hydrogen-bond acceptors (Lipinski definition) is 3. The van der Waals surface area contributed by atoms with E-state index in [4.69, 9.17) is 4.42 Å². The Bertz CT molecular complexity index is 670. The van der Waals surface area contributed by atoms with Crippen molar-refractivity contribution in [3.05, 3.63) is 47.7 Å². The molecular formula is C15H11F3O3. The van der Waals surface area contributed by atoms with Crippen LogP contribution in [0.15, 0.2) is 41.0 Å². The van der Waals surface area contributed by atoms with E-state index in [0.29, 0.717) is 11.3 Å². The van der Waals surface area contributed by atoms with Crippen molar-refractivity contribution in [3.63, 3.8) is 0 Å². The summed E-state index contributed by atoms with van der Waals surface area (Å²) in [6, 6.07) is 7.85. The maximum atomic E-state index is 12.1. The van der Waals surface area contributed by atoms with E-state index in [-0.39, 0.29) is 5.56 Å². The number of hydrogen-bond donors (Lipinski definition) is 0. The number of carbonyl (C=O) groups is 2. The second kappa shape index (κ2) is 5.55. The zero-order chi connectivity index (χ0) is 15.6. The summed E-state index contributed by atoms with van der Waals surface area (Å²) in [5.74, 6) is -2.30. The van der Waals surface area contributed by atoms with E-state index in [1.807, 2.05) is 0 Å². The van der Waals surface area contributed by atoms with Gasteiger partial charge >= 0.3 is 6.18 Å². The Labute approximate surface area is 118 Å². The summed E-state index contributed by atoms with van der Waals surface area (Å²) in [6.07, 6.45) is -4.67. The summed E-state index contributed by atoms with van der Waals surface area (Å²) in [5.41, 5.74) is 1.48. The number of rotatable bonds is 4. The van der Waals surface area contributed by atoms with Crippen LogP contribution in [0.5, 0.6) is 0 Å². The molecule has 0 fully saturated rings. The van der Waals surface area contributed by atoms with E-state index in [1.54, 1.807) is 25.1 Å². The van der Waals surface area contributed by atoms with Crippen LogP contribution in [0.2, 0.25) is 0 Å². The molecule has 3 nitrogen and oxygen atoms in total. The molecule has 0 atom stereocenters. The van der Waals surface area contributed by atoms with E-state index in [9.17, 15) is 22.8 Å². The highest BCUT2D eigenvalue weighted by molar-refractivity contribution is 6.09. The van der Waals surface area contributed by atoms with Gasteiger partial charge in [0.15, 0.2) is 5.78 Å². The third kappa shape index (κ3) is 3.39. The van der Waals surface area contributed by atoms with Gasteiger partial charge in [0, 0.05) is 11.1 Å². The van der Waals surface area contributed by atoms with Crippen LogP contribution in [0.4, 0.5) is 13.2 Å². The summed E-state index contributed by atoms with van der Waals surface area (Å²) in [4.78, 5) is 22.5. The highest BCUT2D eigenvalue weighted by Gasteiger charge is 2.39. The molecule has 2 rings (SSSR count). The number of aryl methyl sites for hydroxylation is 1. The van der Waals surface area contributed by atoms with Crippen molar-refractivity contribution in [2.24, 2.45) is 0 Å². The quantitative estimate of drug-likeness (QED) is 0.634. The fourth-order valence-electron chi connectivity index (χ4n) is 1.89. The van der Waals surface area contributed by atoms with E-state index >= 15 is 0 Å². The Kier molecular flexibility index (Phi) is 3.97. The largest absolute Gasteiger partial charge is 0.464 e. The molecule has 0 amide bonds. The zero-order valence-electron chi connectivity index (χ0n) is 11.0. The third-order valence-electron chi connectivity index (χ3n) is 2.97. The predicted octanol–water partition coefficient (Wildman–Crippen LogP) is 3.96. The van der Waals surface area contributed by atoms with Crippen LogP contribution >= 0.6 is 0 Å². The Morgan fingerprint density at radius 1 is 1.19 bits per heavy atom. The van der Waals surface area contributed by atoms with Crippen LogP contribution < -0.4 is 0 Å². The first-order valence-corrected chi connectivity index (χ1v) is 6.07. The lowest BCUT2D eigenvalue weighted by Gasteiger charge is -2.07. The fraction of sp³-hybridized carbons (Fsp3) is 0.200. The van der Waals surface area contributed by atoms with E-state index in [0.717, 1.165) is 5.56 Å². The summed E-state index contributed by atoms with van der Waals surface area (Å²) in [5, 5.41) is 0. The summed E-state index contributed by atoms with van der Waals surface area (Å²) >= 11 is 0. The van der Waals surface area contributed by atoms with Gasteiger partial charge in [-0.3, -0.25) is 9.59 Å². The molecule has 0 aliphatic carbocycles. The monoisotopic (exact) mass is 296 g/mol. The minimum atomic E-state index is -4.99. The van der Waals surface area contributed by atoms with E-state index in [1.165, 1.54) is 18.4 Å². The average molecular weight is 296 g/mol. The number of alkyl halides is 3. The third-order valence-corrected chi connectivity index (χ3v) is 2.97. The lowest BCUT2D eigenvalue weighted by molar-refractivity contribution is -0.170. The van der Waals surface area contributed by atoms with Crippen molar-refractivity contribution in [2.45, 2.75) is 19.5 Å². The van der Waals surface area contributed by atoms with Gasteiger partial charge in [0.25, 0.3) is 0 Å². The molecule has 0 N–H and O–H groups in total. The molecular weight excluding hydrogens is 285 g/mol. The SMILES string of the molecule is Cc1cc(C(=O)CC(=O)C(F)(F)F)ccc1-c1ccco1. The zero-order valence-corrected chi connectivity index (χ0v) is 11.0. The van der Waals surface area contributed by atoms with Crippen molar-refractivity contribution in [2.75, 3.05) is 0 Å². The molecule has 110 valence electrons. The van der Waals surface area contributed by atoms with Gasteiger partial charge in [-0.2, -0.15) is 13.2 Å². The van der Waals surface area contributed by atoms with Crippen molar-refractivity contribution in [1.82, 2.24) is 0 Å². The van der Waals surface area contributed by atoms with Gasteiger partial charge in [-0.25, -0.2) is 0 Å². The molecule has 6 heteroatoms. The Morgan fingerprint density at radius 2 is 1.90 bits per heavy atom. The second-order valence-electron chi connectivity index (χ2n) is 4.53. The highest BCUT2D eigenvalue weighted by atomic mass is 19.4. The molecule has 21 heavy (non-hydrogen) atoms. The van der Waals surface area contributed by atoms with Crippen LogP contribution in [0.3, 0.4) is 0 Å². The van der Waals surface area contributed by atoms with Gasteiger partial charge in [-0.05, 0) is 30.7 Å². The van der Waals surface area contributed by atoms with E-state index in [2.05, 4.69) is 0 Å². The molecule has 0 saturated heterocycles. The highest BCUT2D eigenvalue weighted by Crippen LogP contribution is 2.25. The molecule has 0 aliphatic rings. The normalized spacial score (nSPS) is 11.4. The first-order valence-electron chi connectivity index (χ1n) is 6.07.